The zero-order valence-corrected chi connectivity index (χ0v) is 17.5. The predicted octanol–water partition coefficient (Wildman–Crippen LogP) is 6.14. The van der Waals surface area contributed by atoms with Gasteiger partial charge in [0.25, 0.3) is 0 Å². The third-order valence-electron chi connectivity index (χ3n) is 5.19. The molecule has 3 heteroatoms. The van der Waals surface area contributed by atoms with Crippen LogP contribution in [0.2, 0.25) is 0 Å². The van der Waals surface area contributed by atoms with E-state index in [9.17, 15) is 0 Å². The highest BCUT2D eigenvalue weighted by atomic mass is 15.3. The van der Waals surface area contributed by atoms with Crippen LogP contribution >= 0.6 is 0 Å². The molecule has 1 aromatic carbocycles. The fraction of sp³-hybridized carbons (Fsp3) is 0.609. The molecule has 0 fully saturated rings. The van der Waals surface area contributed by atoms with E-state index in [1.54, 1.807) is 0 Å². The van der Waals surface area contributed by atoms with Crippen LogP contribution in [0, 0.1) is 6.92 Å². The lowest BCUT2D eigenvalue weighted by atomic mass is 9.98. The van der Waals surface area contributed by atoms with Crippen molar-refractivity contribution in [2.75, 3.05) is 18.5 Å². The zero-order valence-electron chi connectivity index (χ0n) is 17.5. The molecule has 2 heterocycles. The highest BCUT2D eigenvalue weighted by Crippen LogP contribution is 2.30. The molecule has 1 aromatic heterocycles. The van der Waals surface area contributed by atoms with Crippen molar-refractivity contribution >= 4 is 5.69 Å². The number of unbranched alkanes of at least 4 members (excludes halogenated alkanes) is 5. The van der Waals surface area contributed by atoms with E-state index in [4.69, 9.17) is 0 Å². The quantitative estimate of drug-likeness (QED) is 0.580. The Balaban J connectivity index is 0.000000260. The molecule has 3 rings (SSSR count). The van der Waals surface area contributed by atoms with Crippen molar-refractivity contribution in [3.8, 4) is 11.3 Å². The van der Waals surface area contributed by atoms with E-state index < -0.39 is 0 Å². The average molecular weight is 356 g/mol. The summed E-state index contributed by atoms with van der Waals surface area (Å²) in [4.78, 5) is 2.34. The molecule has 0 saturated heterocycles. The van der Waals surface area contributed by atoms with Gasteiger partial charge in [0.05, 0.1) is 11.4 Å². The second-order valence-electron chi connectivity index (χ2n) is 7.58. The molecule has 0 amide bonds. The summed E-state index contributed by atoms with van der Waals surface area (Å²) < 4.78 is 1.96. The second kappa shape index (κ2) is 10.4. The molecule has 1 aliphatic heterocycles. The smallest absolute Gasteiger partial charge is 0.0681 e. The minimum atomic E-state index is 1.07. The first-order valence-corrected chi connectivity index (χ1v) is 10.4. The summed E-state index contributed by atoms with van der Waals surface area (Å²) in [6.45, 7) is 7.71. The Morgan fingerprint density at radius 1 is 0.962 bits per heavy atom. The maximum absolute atomic E-state index is 4.42. The molecule has 144 valence electrons. The van der Waals surface area contributed by atoms with Crippen LogP contribution in [0.25, 0.3) is 11.3 Å². The van der Waals surface area contributed by atoms with Gasteiger partial charge in [0.1, 0.15) is 0 Å². The van der Waals surface area contributed by atoms with Crippen molar-refractivity contribution in [2.45, 2.75) is 72.1 Å². The van der Waals surface area contributed by atoms with E-state index in [-0.39, 0.29) is 0 Å². The van der Waals surface area contributed by atoms with E-state index in [0.717, 1.165) is 12.2 Å². The highest BCUT2D eigenvalue weighted by molar-refractivity contribution is 5.67. The summed E-state index contributed by atoms with van der Waals surface area (Å²) in [5.41, 5.74) is 6.38. The normalized spacial score (nSPS) is 13.2. The molecule has 0 unspecified atom stereocenters. The summed E-state index contributed by atoms with van der Waals surface area (Å²) in [5, 5.41) is 4.42. The van der Waals surface area contributed by atoms with Gasteiger partial charge in [-0.1, -0.05) is 58.4 Å². The Bertz CT molecular complexity index is 666. The number of rotatable bonds is 6. The Morgan fingerprint density at radius 3 is 2.23 bits per heavy atom. The lowest BCUT2D eigenvalue weighted by Crippen LogP contribution is -2.24. The molecule has 0 atom stereocenters. The molecule has 2 aromatic rings. The van der Waals surface area contributed by atoms with E-state index in [1.807, 2.05) is 18.7 Å². The number of nitrogens with zero attached hydrogens (tertiary/aromatic N) is 3. The van der Waals surface area contributed by atoms with Crippen molar-refractivity contribution in [3.63, 3.8) is 0 Å². The second-order valence-corrected chi connectivity index (χ2v) is 7.58. The number of aromatic nitrogens is 2. The number of anilines is 1. The number of benzene rings is 1. The van der Waals surface area contributed by atoms with E-state index >= 15 is 0 Å². The number of hydrogen-bond acceptors (Lipinski definition) is 2. The van der Waals surface area contributed by atoms with Gasteiger partial charge in [-0.3, -0.25) is 4.68 Å². The Morgan fingerprint density at radius 2 is 1.65 bits per heavy atom. The summed E-state index contributed by atoms with van der Waals surface area (Å²) in [7, 11) is 4.18. The molecule has 0 N–H and O–H groups in total. The molecule has 3 nitrogen and oxygen atoms in total. The molecule has 0 aliphatic carbocycles. The van der Waals surface area contributed by atoms with Gasteiger partial charge in [0.2, 0.25) is 0 Å². The third kappa shape index (κ3) is 5.62. The fourth-order valence-corrected chi connectivity index (χ4v) is 3.68. The zero-order chi connectivity index (χ0) is 18.9. The molecule has 0 saturated carbocycles. The maximum atomic E-state index is 4.42. The molecular formula is C23H37N3. The molecule has 0 bridgehead atoms. The lowest BCUT2D eigenvalue weighted by molar-refractivity contribution is 0.624. The SMILES string of the molecule is CCCCCCCC.Cc1cc(-c2ccc3c(c2)CCCN3C)n(C)n1. The molecule has 0 spiro atoms. The molecule has 26 heavy (non-hydrogen) atoms. The summed E-state index contributed by atoms with van der Waals surface area (Å²) in [6, 6.07) is 8.92. The van der Waals surface area contributed by atoms with Crippen molar-refractivity contribution in [3.05, 3.63) is 35.5 Å². The van der Waals surface area contributed by atoms with Crippen molar-refractivity contribution < 1.29 is 0 Å². The number of aryl methyl sites for hydroxylation is 3. The van der Waals surface area contributed by atoms with E-state index in [1.165, 1.54) is 73.9 Å². The first-order chi connectivity index (χ1) is 12.6. The molecular weight excluding hydrogens is 318 g/mol. The van der Waals surface area contributed by atoms with Gasteiger partial charge in [-0.05, 0) is 43.5 Å². The summed E-state index contributed by atoms with van der Waals surface area (Å²) in [5.74, 6) is 0. The maximum Gasteiger partial charge on any atom is 0.0681 e. The van der Waals surface area contributed by atoms with Crippen molar-refractivity contribution in [2.24, 2.45) is 7.05 Å². The van der Waals surface area contributed by atoms with Crippen LogP contribution in [-0.4, -0.2) is 23.4 Å². The van der Waals surface area contributed by atoms with Crippen molar-refractivity contribution in [1.82, 2.24) is 9.78 Å². The summed E-state index contributed by atoms with van der Waals surface area (Å²) >= 11 is 0. The summed E-state index contributed by atoms with van der Waals surface area (Å²) in [6.07, 6.45) is 10.9. The number of fused-ring (bicyclic) bond motifs is 1. The fourth-order valence-electron chi connectivity index (χ4n) is 3.68. The van der Waals surface area contributed by atoms with E-state index in [0.29, 0.717) is 0 Å². The Labute approximate surface area is 160 Å². The Kier molecular flexibility index (Phi) is 8.21. The average Bonchev–Trinajstić information content (AvgIpc) is 2.98. The highest BCUT2D eigenvalue weighted by Gasteiger charge is 2.15. The third-order valence-corrected chi connectivity index (χ3v) is 5.19. The van der Waals surface area contributed by atoms with Gasteiger partial charge in [0, 0.05) is 31.9 Å². The number of hydrogen-bond donors (Lipinski definition) is 0. The standard InChI is InChI=1S/C15H19N3.C8H18/c1-11-9-15(18(3)16-11)13-6-7-14-12(10-13)5-4-8-17(14)2;1-3-5-7-8-6-4-2/h6-7,9-10H,4-5,8H2,1-3H3;3-8H2,1-2H3. The first kappa shape index (κ1) is 20.5. The lowest BCUT2D eigenvalue weighted by Gasteiger charge is -2.27. The molecule has 1 aliphatic rings. The van der Waals surface area contributed by atoms with Crippen LogP contribution in [0.5, 0.6) is 0 Å². The van der Waals surface area contributed by atoms with Gasteiger partial charge in [-0.25, -0.2) is 0 Å². The van der Waals surface area contributed by atoms with Crippen LogP contribution in [-0.2, 0) is 13.5 Å². The Hall–Kier alpha value is -1.77. The van der Waals surface area contributed by atoms with Gasteiger partial charge >= 0.3 is 0 Å². The van der Waals surface area contributed by atoms with Gasteiger partial charge in [-0.2, -0.15) is 5.10 Å². The topological polar surface area (TPSA) is 21.1 Å². The van der Waals surface area contributed by atoms with Crippen molar-refractivity contribution in [1.29, 1.82) is 0 Å². The monoisotopic (exact) mass is 355 g/mol. The van der Waals surface area contributed by atoms with Gasteiger partial charge in [-0.15, -0.1) is 0 Å². The van der Waals surface area contributed by atoms with Crippen LogP contribution in [0.1, 0.15) is 70.1 Å². The van der Waals surface area contributed by atoms with Crippen LogP contribution in [0.15, 0.2) is 24.3 Å². The largest absolute Gasteiger partial charge is 0.374 e. The van der Waals surface area contributed by atoms with E-state index in [2.05, 4.69) is 55.2 Å². The first-order valence-electron chi connectivity index (χ1n) is 10.4. The van der Waals surface area contributed by atoms with Crippen LogP contribution < -0.4 is 4.90 Å². The predicted molar refractivity (Wildman–Crippen MR) is 114 cm³/mol. The minimum absolute atomic E-state index is 1.07. The van der Waals surface area contributed by atoms with Gasteiger partial charge < -0.3 is 4.90 Å². The van der Waals surface area contributed by atoms with Crippen LogP contribution in [0.3, 0.4) is 0 Å². The minimum Gasteiger partial charge on any atom is -0.374 e. The van der Waals surface area contributed by atoms with Crippen LogP contribution in [0.4, 0.5) is 5.69 Å². The molecule has 0 radical (unpaired) electrons. The van der Waals surface area contributed by atoms with Gasteiger partial charge in [0.15, 0.2) is 0 Å².